The fourth-order valence-electron chi connectivity index (χ4n) is 4.06. The Morgan fingerprint density at radius 3 is 2.52 bits per heavy atom. The van der Waals surface area contributed by atoms with Crippen LogP contribution < -0.4 is 10.1 Å². The number of rotatable bonds is 7. The second kappa shape index (κ2) is 9.83. The van der Waals surface area contributed by atoms with Crippen molar-refractivity contribution in [1.82, 2.24) is 9.62 Å². The molecular weight excluding hydrogens is 412 g/mol. The molecule has 0 aliphatic carbocycles. The Labute approximate surface area is 185 Å². The molecule has 1 aliphatic rings. The van der Waals surface area contributed by atoms with Crippen LogP contribution in [0.4, 0.5) is 0 Å². The third kappa shape index (κ3) is 5.28. The minimum atomic E-state index is -3.61. The molecule has 1 amide bonds. The van der Waals surface area contributed by atoms with Crippen LogP contribution in [0.25, 0.3) is 0 Å². The number of amides is 1. The lowest BCUT2D eigenvalue weighted by atomic mass is 9.96. The van der Waals surface area contributed by atoms with Gasteiger partial charge < -0.3 is 10.1 Å². The molecule has 2 atom stereocenters. The van der Waals surface area contributed by atoms with Gasteiger partial charge in [0, 0.05) is 13.1 Å². The average Bonchev–Trinajstić information content (AvgIpc) is 2.77. The molecule has 1 saturated heterocycles. The molecule has 6 nitrogen and oxygen atoms in total. The van der Waals surface area contributed by atoms with Gasteiger partial charge in [-0.25, -0.2) is 8.42 Å². The zero-order valence-electron chi connectivity index (χ0n) is 18.7. The van der Waals surface area contributed by atoms with Crippen LogP contribution in [0.1, 0.15) is 48.9 Å². The van der Waals surface area contributed by atoms with Crippen LogP contribution >= 0.6 is 0 Å². The number of nitrogens with zero attached hydrogens (tertiary/aromatic N) is 1. The van der Waals surface area contributed by atoms with Crippen molar-refractivity contribution in [3.05, 3.63) is 59.2 Å². The van der Waals surface area contributed by atoms with Gasteiger partial charge in [-0.1, -0.05) is 36.8 Å². The Kier molecular flexibility index (Phi) is 7.38. The summed E-state index contributed by atoms with van der Waals surface area (Å²) in [6.45, 7) is 6.58. The zero-order chi connectivity index (χ0) is 22.6. The smallest absolute Gasteiger partial charge is 0.243 e. The molecule has 31 heavy (non-hydrogen) atoms. The highest BCUT2D eigenvalue weighted by molar-refractivity contribution is 7.89. The SMILES string of the molecule is CC[C@H](NC(=O)[C@@H]1CCCN(S(=O)(=O)c2ccc(C)cc2)C1)c1ccc(OC)c(C)c1. The lowest BCUT2D eigenvalue weighted by Crippen LogP contribution is -2.46. The third-order valence-electron chi connectivity index (χ3n) is 5.96. The van der Waals surface area contributed by atoms with Crippen molar-refractivity contribution in [1.29, 1.82) is 0 Å². The van der Waals surface area contributed by atoms with Crippen LogP contribution in [0, 0.1) is 19.8 Å². The summed E-state index contributed by atoms with van der Waals surface area (Å²) in [5.74, 6) is 0.362. The van der Waals surface area contributed by atoms with E-state index in [-0.39, 0.29) is 29.3 Å². The number of nitrogens with one attached hydrogen (secondary N) is 1. The Hall–Kier alpha value is -2.38. The highest BCUT2D eigenvalue weighted by atomic mass is 32.2. The van der Waals surface area contributed by atoms with Crippen molar-refractivity contribution in [3.63, 3.8) is 0 Å². The summed E-state index contributed by atoms with van der Waals surface area (Å²) in [5.41, 5.74) is 3.05. The zero-order valence-corrected chi connectivity index (χ0v) is 19.5. The van der Waals surface area contributed by atoms with E-state index >= 15 is 0 Å². The van der Waals surface area contributed by atoms with Gasteiger partial charge in [0.1, 0.15) is 5.75 Å². The number of ether oxygens (including phenoxy) is 1. The Balaban J connectivity index is 1.71. The molecule has 168 valence electrons. The molecule has 0 radical (unpaired) electrons. The first kappa shape index (κ1) is 23.3. The van der Waals surface area contributed by atoms with Crippen LogP contribution in [-0.4, -0.2) is 38.8 Å². The van der Waals surface area contributed by atoms with Gasteiger partial charge in [0.15, 0.2) is 0 Å². The first-order valence-electron chi connectivity index (χ1n) is 10.8. The molecule has 2 aromatic rings. The average molecular weight is 445 g/mol. The van der Waals surface area contributed by atoms with E-state index in [9.17, 15) is 13.2 Å². The first-order valence-corrected chi connectivity index (χ1v) is 12.2. The number of methoxy groups -OCH3 is 1. The normalized spacial score (nSPS) is 18.4. The predicted octanol–water partition coefficient (Wildman–Crippen LogP) is 3.98. The number of hydrogen-bond acceptors (Lipinski definition) is 4. The largest absolute Gasteiger partial charge is 0.496 e. The van der Waals surface area contributed by atoms with E-state index in [2.05, 4.69) is 5.32 Å². The van der Waals surface area contributed by atoms with Gasteiger partial charge in [-0.2, -0.15) is 4.31 Å². The summed E-state index contributed by atoms with van der Waals surface area (Å²) < 4.78 is 32.9. The van der Waals surface area contributed by atoms with Crippen LogP contribution in [-0.2, 0) is 14.8 Å². The van der Waals surface area contributed by atoms with Crippen LogP contribution in [0.15, 0.2) is 47.4 Å². The van der Waals surface area contributed by atoms with E-state index in [0.717, 1.165) is 28.9 Å². The molecule has 0 spiro atoms. The first-order chi connectivity index (χ1) is 14.8. The molecule has 0 aromatic heterocycles. The van der Waals surface area contributed by atoms with E-state index in [1.54, 1.807) is 31.4 Å². The number of hydrogen-bond donors (Lipinski definition) is 1. The molecule has 2 aromatic carbocycles. The molecule has 7 heteroatoms. The van der Waals surface area contributed by atoms with Crippen molar-refractivity contribution < 1.29 is 17.9 Å². The summed E-state index contributed by atoms with van der Waals surface area (Å²) in [7, 11) is -1.97. The van der Waals surface area contributed by atoms with Crippen molar-refractivity contribution in [3.8, 4) is 5.75 Å². The van der Waals surface area contributed by atoms with Crippen molar-refractivity contribution in [2.24, 2.45) is 5.92 Å². The van der Waals surface area contributed by atoms with E-state index in [1.807, 2.05) is 39.0 Å². The van der Waals surface area contributed by atoms with E-state index < -0.39 is 10.0 Å². The van der Waals surface area contributed by atoms with E-state index in [0.29, 0.717) is 19.4 Å². The third-order valence-corrected chi connectivity index (χ3v) is 7.84. The van der Waals surface area contributed by atoms with Crippen molar-refractivity contribution in [2.45, 2.75) is 51.0 Å². The molecular formula is C24H32N2O4S. The van der Waals surface area contributed by atoms with Gasteiger partial charge >= 0.3 is 0 Å². The van der Waals surface area contributed by atoms with E-state index in [1.165, 1.54) is 4.31 Å². The maximum Gasteiger partial charge on any atom is 0.243 e. The van der Waals surface area contributed by atoms with Crippen molar-refractivity contribution in [2.75, 3.05) is 20.2 Å². The summed E-state index contributed by atoms with van der Waals surface area (Å²) in [4.78, 5) is 13.3. The van der Waals surface area contributed by atoms with Gasteiger partial charge in [0.25, 0.3) is 0 Å². The van der Waals surface area contributed by atoms with Crippen LogP contribution in [0.3, 0.4) is 0 Å². The molecule has 1 fully saturated rings. The minimum Gasteiger partial charge on any atom is -0.496 e. The van der Waals surface area contributed by atoms with Gasteiger partial charge in [0.05, 0.1) is 24.0 Å². The number of sulfonamides is 1. The summed E-state index contributed by atoms with van der Waals surface area (Å²) in [5, 5.41) is 3.14. The minimum absolute atomic E-state index is 0.0934. The van der Waals surface area contributed by atoms with Gasteiger partial charge in [-0.15, -0.1) is 0 Å². The number of carbonyl (C=O) groups excluding carboxylic acids is 1. The maximum atomic E-state index is 13.0. The number of aryl methyl sites for hydroxylation is 2. The molecule has 3 rings (SSSR count). The van der Waals surface area contributed by atoms with E-state index in [4.69, 9.17) is 4.74 Å². The van der Waals surface area contributed by atoms with Gasteiger partial charge in [-0.3, -0.25) is 4.79 Å². The fraction of sp³-hybridized carbons (Fsp3) is 0.458. The Morgan fingerprint density at radius 2 is 1.90 bits per heavy atom. The molecule has 0 unspecified atom stereocenters. The quantitative estimate of drug-likeness (QED) is 0.701. The topological polar surface area (TPSA) is 75.7 Å². The monoisotopic (exact) mass is 444 g/mol. The van der Waals surface area contributed by atoms with Crippen LogP contribution in [0.5, 0.6) is 5.75 Å². The number of piperidine rings is 1. The molecule has 0 saturated carbocycles. The lowest BCUT2D eigenvalue weighted by Gasteiger charge is -2.32. The van der Waals surface area contributed by atoms with Gasteiger partial charge in [-0.05, 0) is 62.4 Å². The van der Waals surface area contributed by atoms with Crippen molar-refractivity contribution >= 4 is 15.9 Å². The summed E-state index contributed by atoms with van der Waals surface area (Å²) >= 11 is 0. The second-order valence-electron chi connectivity index (χ2n) is 8.21. The lowest BCUT2D eigenvalue weighted by molar-refractivity contribution is -0.126. The second-order valence-corrected chi connectivity index (χ2v) is 10.2. The summed E-state index contributed by atoms with van der Waals surface area (Å²) in [6, 6.07) is 12.6. The van der Waals surface area contributed by atoms with Crippen LogP contribution in [0.2, 0.25) is 0 Å². The molecule has 0 bridgehead atoms. The fourth-order valence-corrected chi connectivity index (χ4v) is 5.59. The highest BCUT2D eigenvalue weighted by Crippen LogP contribution is 2.27. The van der Waals surface area contributed by atoms with Gasteiger partial charge in [0.2, 0.25) is 15.9 Å². The maximum absolute atomic E-state index is 13.0. The highest BCUT2D eigenvalue weighted by Gasteiger charge is 2.34. The Bertz CT molecular complexity index is 1020. The summed E-state index contributed by atoms with van der Waals surface area (Å²) in [6.07, 6.45) is 2.10. The molecule has 1 N–H and O–H groups in total. The standard InChI is InChI=1S/C24H32N2O4S/c1-5-22(19-10-13-23(30-4)18(3)15-19)25-24(27)20-7-6-14-26(16-20)31(28,29)21-11-8-17(2)9-12-21/h8-13,15,20,22H,5-7,14,16H2,1-4H3,(H,25,27)/t20-,22+/m1/s1. The predicted molar refractivity (Wildman–Crippen MR) is 122 cm³/mol. The molecule has 1 heterocycles. The molecule has 1 aliphatic heterocycles. The number of carbonyl (C=O) groups is 1. The Morgan fingerprint density at radius 1 is 1.19 bits per heavy atom. The number of benzene rings is 2.